The molecule has 0 aliphatic heterocycles. The van der Waals surface area contributed by atoms with Crippen LogP contribution in [0.3, 0.4) is 0 Å². The topological polar surface area (TPSA) is 72.0 Å². The highest BCUT2D eigenvalue weighted by atomic mass is 32.2. The number of nitrogens with zero attached hydrogens (tertiary/aromatic N) is 3. The summed E-state index contributed by atoms with van der Waals surface area (Å²) in [6, 6.07) is 0.371. The third-order valence-electron chi connectivity index (χ3n) is 3.74. The first-order valence-electron chi connectivity index (χ1n) is 7.63. The normalized spacial score (nSPS) is 16.7. The summed E-state index contributed by atoms with van der Waals surface area (Å²) >= 11 is 1.95. The smallest absolute Gasteiger partial charge is 0.323 e. The van der Waals surface area contributed by atoms with E-state index in [2.05, 4.69) is 31.8 Å². The number of nitrogens with one attached hydrogen (secondary N) is 2. The molecule has 0 spiro atoms. The van der Waals surface area contributed by atoms with Gasteiger partial charge in [-0.3, -0.25) is 0 Å². The first-order chi connectivity index (χ1) is 10.2. The van der Waals surface area contributed by atoms with Crippen LogP contribution in [-0.2, 0) is 0 Å². The van der Waals surface area contributed by atoms with E-state index in [4.69, 9.17) is 4.74 Å². The summed E-state index contributed by atoms with van der Waals surface area (Å²) in [6.07, 6.45) is 7.32. The lowest BCUT2D eigenvalue weighted by molar-refractivity contribution is 0.312. The molecular weight excluding hydrogens is 286 g/mol. The van der Waals surface area contributed by atoms with E-state index in [1.807, 2.05) is 25.6 Å². The number of ether oxygens (including phenoxy) is 1. The molecule has 0 radical (unpaired) electrons. The van der Waals surface area contributed by atoms with Crippen LogP contribution >= 0.6 is 11.8 Å². The van der Waals surface area contributed by atoms with Gasteiger partial charge in [0, 0.05) is 17.8 Å². The Morgan fingerprint density at radius 3 is 2.33 bits per heavy atom. The number of rotatable bonds is 8. The fourth-order valence-corrected chi connectivity index (χ4v) is 3.49. The molecule has 1 aliphatic carbocycles. The summed E-state index contributed by atoms with van der Waals surface area (Å²) in [5.74, 6) is 1.15. The summed E-state index contributed by atoms with van der Waals surface area (Å²) in [6.45, 7) is 6.13. The highest BCUT2D eigenvalue weighted by Gasteiger charge is 2.32. The van der Waals surface area contributed by atoms with Gasteiger partial charge in [-0.1, -0.05) is 12.8 Å². The van der Waals surface area contributed by atoms with Crippen molar-refractivity contribution < 1.29 is 4.74 Å². The van der Waals surface area contributed by atoms with Gasteiger partial charge in [-0.15, -0.1) is 0 Å². The number of hydrogen-bond donors (Lipinski definition) is 2. The monoisotopic (exact) mass is 311 g/mol. The highest BCUT2D eigenvalue weighted by Crippen LogP contribution is 2.40. The minimum Gasteiger partial charge on any atom is -0.464 e. The SMILES string of the molecule is CCNc1nc(NCC2(SC)CCCC2)nc(OCC)n1. The maximum absolute atomic E-state index is 5.41. The maximum atomic E-state index is 5.41. The standard InChI is InChI=1S/C14H25N5OS/c1-4-15-11-17-12(19-13(18-11)20-5-2)16-10-14(21-3)8-6-7-9-14/h4-10H2,1-3H3,(H2,15,16,17,18,19). The molecule has 7 heteroatoms. The minimum atomic E-state index is 0.316. The Balaban J connectivity index is 2.07. The van der Waals surface area contributed by atoms with Crippen LogP contribution in [0.2, 0.25) is 0 Å². The van der Waals surface area contributed by atoms with E-state index < -0.39 is 0 Å². The molecule has 0 unspecified atom stereocenters. The molecule has 2 N–H and O–H groups in total. The Morgan fingerprint density at radius 1 is 1.10 bits per heavy atom. The Kier molecular flexibility index (Phi) is 5.90. The van der Waals surface area contributed by atoms with E-state index in [1.54, 1.807) is 0 Å². The third-order valence-corrected chi connectivity index (χ3v) is 5.16. The number of thioether (sulfide) groups is 1. The lowest BCUT2D eigenvalue weighted by Gasteiger charge is -2.26. The van der Waals surface area contributed by atoms with Gasteiger partial charge in [0.25, 0.3) is 0 Å². The van der Waals surface area contributed by atoms with Gasteiger partial charge in [-0.05, 0) is 32.9 Å². The van der Waals surface area contributed by atoms with E-state index in [0.29, 0.717) is 29.3 Å². The second kappa shape index (κ2) is 7.68. The molecule has 6 nitrogen and oxygen atoms in total. The molecule has 1 fully saturated rings. The highest BCUT2D eigenvalue weighted by molar-refractivity contribution is 8.00. The van der Waals surface area contributed by atoms with Crippen molar-refractivity contribution in [2.45, 2.75) is 44.3 Å². The molecule has 21 heavy (non-hydrogen) atoms. The Morgan fingerprint density at radius 2 is 1.76 bits per heavy atom. The van der Waals surface area contributed by atoms with Crippen molar-refractivity contribution in [3.63, 3.8) is 0 Å². The van der Waals surface area contributed by atoms with Gasteiger partial charge in [0.05, 0.1) is 6.61 Å². The molecule has 2 rings (SSSR count). The summed E-state index contributed by atoms with van der Waals surface area (Å²) < 4.78 is 5.73. The van der Waals surface area contributed by atoms with Gasteiger partial charge in [-0.25, -0.2) is 0 Å². The van der Waals surface area contributed by atoms with Gasteiger partial charge in [0.15, 0.2) is 0 Å². The van der Waals surface area contributed by atoms with E-state index in [9.17, 15) is 0 Å². The zero-order chi connectivity index (χ0) is 15.1. The first-order valence-corrected chi connectivity index (χ1v) is 8.85. The molecule has 0 saturated heterocycles. The lowest BCUT2D eigenvalue weighted by Crippen LogP contribution is -2.30. The molecule has 0 bridgehead atoms. The Hall–Kier alpha value is -1.24. The molecule has 0 amide bonds. The van der Waals surface area contributed by atoms with Crippen LogP contribution in [0.15, 0.2) is 0 Å². The molecule has 1 heterocycles. The number of aromatic nitrogens is 3. The Labute approximate surface area is 130 Å². The third kappa shape index (κ3) is 4.36. The summed E-state index contributed by atoms with van der Waals surface area (Å²) in [7, 11) is 0. The van der Waals surface area contributed by atoms with Crippen molar-refractivity contribution in [3.8, 4) is 6.01 Å². The van der Waals surface area contributed by atoms with Crippen molar-refractivity contribution in [1.29, 1.82) is 0 Å². The summed E-state index contributed by atoms with van der Waals surface area (Å²) in [4.78, 5) is 13.0. The van der Waals surface area contributed by atoms with Crippen LogP contribution in [0.5, 0.6) is 6.01 Å². The predicted molar refractivity (Wildman–Crippen MR) is 88.4 cm³/mol. The molecule has 1 aromatic rings. The van der Waals surface area contributed by atoms with Crippen molar-refractivity contribution in [2.75, 3.05) is 36.6 Å². The lowest BCUT2D eigenvalue weighted by atomic mass is 10.1. The minimum absolute atomic E-state index is 0.316. The van der Waals surface area contributed by atoms with Crippen LogP contribution in [0, 0.1) is 0 Å². The summed E-state index contributed by atoms with van der Waals surface area (Å²) in [5.41, 5.74) is 0. The molecule has 0 atom stereocenters. The van der Waals surface area contributed by atoms with Crippen molar-refractivity contribution in [3.05, 3.63) is 0 Å². The van der Waals surface area contributed by atoms with E-state index >= 15 is 0 Å². The molecule has 118 valence electrons. The maximum Gasteiger partial charge on any atom is 0.323 e. The Bertz CT molecular complexity index is 427. The summed E-state index contributed by atoms with van der Waals surface area (Å²) in [5, 5.41) is 6.48. The first kappa shape index (κ1) is 16.1. The van der Waals surface area contributed by atoms with Crippen LogP contribution in [0.25, 0.3) is 0 Å². The van der Waals surface area contributed by atoms with E-state index in [0.717, 1.165) is 13.1 Å². The number of anilines is 2. The van der Waals surface area contributed by atoms with Crippen LogP contribution in [0.4, 0.5) is 11.9 Å². The van der Waals surface area contributed by atoms with Crippen LogP contribution < -0.4 is 15.4 Å². The van der Waals surface area contributed by atoms with Gasteiger partial charge < -0.3 is 15.4 Å². The van der Waals surface area contributed by atoms with E-state index in [-0.39, 0.29) is 0 Å². The van der Waals surface area contributed by atoms with Gasteiger partial charge in [0.1, 0.15) is 0 Å². The van der Waals surface area contributed by atoms with Crippen molar-refractivity contribution in [1.82, 2.24) is 15.0 Å². The zero-order valence-electron chi connectivity index (χ0n) is 13.1. The van der Waals surface area contributed by atoms with E-state index in [1.165, 1.54) is 25.7 Å². The second-order valence-corrected chi connectivity index (χ2v) is 6.45. The number of hydrogen-bond acceptors (Lipinski definition) is 7. The fraction of sp³-hybridized carbons (Fsp3) is 0.786. The fourth-order valence-electron chi connectivity index (χ4n) is 2.58. The molecular formula is C14H25N5OS. The van der Waals surface area contributed by atoms with Gasteiger partial charge >= 0.3 is 6.01 Å². The molecule has 0 aromatic carbocycles. The molecule has 1 aromatic heterocycles. The van der Waals surface area contributed by atoms with Crippen molar-refractivity contribution in [2.24, 2.45) is 0 Å². The average molecular weight is 311 g/mol. The van der Waals surface area contributed by atoms with Crippen LogP contribution in [0.1, 0.15) is 39.5 Å². The predicted octanol–water partition coefficient (Wildman–Crippen LogP) is 2.79. The van der Waals surface area contributed by atoms with Crippen LogP contribution in [-0.4, -0.2) is 45.7 Å². The van der Waals surface area contributed by atoms with Crippen molar-refractivity contribution >= 4 is 23.7 Å². The zero-order valence-corrected chi connectivity index (χ0v) is 13.9. The van der Waals surface area contributed by atoms with Gasteiger partial charge in [0.2, 0.25) is 11.9 Å². The average Bonchev–Trinajstić information content (AvgIpc) is 2.95. The van der Waals surface area contributed by atoms with Gasteiger partial charge in [-0.2, -0.15) is 26.7 Å². The second-order valence-electron chi connectivity index (χ2n) is 5.18. The molecule has 1 aliphatic rings. The quantitative estimate of drug-likeness (QED) is 0.765. The largest absolute Gasteiger partial charge is 0.464 e. The molecule has 1 saturated carbocycles.